The summed E-state index contributed by atoms with van der Waals surface area (Å²) in [6, 6.07) is 18.1. The molecule has 1 fully saturated rings. The highest BCUT2D eigenvalue weighted by Gasteiger charge is 2.63. The van der Waals surface area contributed by atoms with Gasteiger partial charge in [0.15, 0.2) is 0 Å². The Morgan fingerprint density at radius 2 is 1.41 bits per heavy atom. The molecule has 2 aromatic carbocycles. The topological polar surface area (TPSA) is 106 Å². The molecule has 0 spiro atoms. The fourth-order valence-electron chi connectivity index (χ4n) is 3.83. The van der Waals surface area contributed by atoms with E-state index < -0.39 is 35.5 Å². The molecule has 34 heavy (non-hydrogen) atoms. The van der Waals surface area contributed by atoms with Crippen LogP contribution in [0, 0.1) is 17.8 Å². The lowest BCUT2D eigenvalue weighted by Crippen LogP contribution is -2.20. The first kappa shape index (κ1) is 23.3. The highest BCUT2D eigenvalue weighted by Crippen LogP contribution is 2.48. The van der Waals surface area contributed by atoms with Crippen molar-refractivity contribution in [2.24, 2.45) is 17.8 Å². The third-order valence-electron chi connectivity index (χ3n) is 5.53. The molecule has 0 saturated heterocycles. The van der Waals surface area contributed by atoms with Crippen molar-refractivity contribution in [1.82, 2.24) is 4.57 Å². The highest BCUT2D eigenvalue weighted by molar-refractivity contribution is 6.30. The summed E-state index contributed by atoms with van der Waals surface area (Å²) in [7, 11) is 0. The average Bonchev–Trinajstić information content (AvgIpc) is 3.58. The molecule has 0 radical (unpaired) electrons. The van der Waals surface area contributed by atoms with Gasteiger partial charge in [0, 0.05) is 34.3 Å². The van der Waals surface area contributed by atoms with Crippen LogP contribution in [0.15, 0.2) is 77.7 Å². The highest BCUT2D eigenvalue weighted by atomic mass is 35.5. The molecule has 1 unspecified atom stereocenters. The van der Waals surface area contributed by atoms with Crippen LogP contribution in [0.1, 0.15) is 6.92 Å². The number of ether oxygens (including phenoxy) is 1. The smallest absolute Gasteiger partial charge is 0.310 e. The fraction of sp³-hybridized carbons (Fsp3) is 0.200. The van der Waals surface area contributed by atoms with Gasteiger partial charge < -0.3 is 15.4 Å². The number of rotatable bonds is 7. The van der Waals surface area contributed by atoms with Gasteiger partial charge in [0.1, 0.15) is 0 Å². The number of esters is 1. The Morgan fingerprint density at radius 1 is 0.853 bits per heavy atom. The minimum atomic E-state index is -0.866. The van der Waals surface area contributed by atoms with Crippen LogP contribution < -0.4 is 16.2 Å². The van der Waals surface area contributed by atoms with Gasteiger partial charge >= 0.3 is 5.97 Å². The van der Waals surface area contributed by atoms with E-state index in [0.29, 0.717) is 22.1 Å². The van der Waals surface area contributed by atoms with E-state index in [4.69, 9.17) is 16.3 Å². The number of pyridine rings is 1. The normalized spacial score (nSPS) is 18.6. The second-order valence-electron chi connectivity index (χ2n) is 7.77. The molecule has 0 aliphatic heterocycles. The zero-order chi connectivity index (χ0) is 24.2. The first-order chi connectivity index (χ1) is 16.4. The van der Waals surface area contributed by atoms with Crippen molar-refractivity contribution in [3.05, 3.63) is 88.3 Å². The summed E-state index contributed by atoms with van der Waals surface area (Å²) in [5, 5.41) is 5.99. The van der Waals surface area contributed by atoms with Gasteiger partial charge in [-0.2, -0.15) is 0 Å². The van der Waals surface area contributed by atoms with Crippen LogP contribution in [0.5, 0.6) is 0 Å². The molecule has 1 aliphatic carbocycles. The lowest BCUT2D eigenvalue weighted by molar-refractivity contribution is -0.146. The second kappa shape index (κ2) is 9.93. The number of anilines is 2. The number of aromatic nitrogens is 1. The Balaban J connectivity index is 1.47. The van der Waals surface area contributed by atoms with Gasteiger partial charge in [0.05, 0.1) is 24.4 Å². The third-order valence-corrected chi connectivity index (χ3v) is 5.78. The zero-order valence-corrected chi connectivity index (χ0v) is 19.0. The quantitative estimate of drug-likeness (QED) is 0.504. The van der Waals surface area contributed by atoms with Crippen molar-refractivity contribution >= 4 is 40.8 Å². The summed E-state index contributed by atoms with van der Waals surface area (Å²) in [5.74, 6) is -4.06. The molecule has 1 aromatic heterocycles. The molecule has 1 saturated carbocycles. The molecule has 0 bridgehead atoms. The maximum atomic E-state index is 12.9. The number of hydrogen-bond acceptors (Lipinski definition) is 5. The van der Waals surface area contributed by atoms with E-state index in [0.717, 1.165) is 0 Å². The van der Waals surface area contributed by atoms with Crippen molar-refractivity contribution in [2.75, 3.05) is 17.2 Å². The van der Waals surface area contributed by atoms with E-state index in [1.807, 2.05) is 0 Å². The van der Waals surface area contributed by atoms with Crippen LogP contribution in [-0.2, 0) is 19.1 Å². The van der Waals surface area contributed by atoms with Gasteiger partial charge in [-0.15, -0.1) is 0 Å². The maximum absolute atomic E-state index is 12.9. The number of carbonyl (C=O) groups excluding carboxylic acids is 3. The molecule has 3 atom stereocenters. The van der Waals surface area contributed by atoms with E-state index in [1.54, 1.807) is 73.8 Å². The standard InChI is InChI=1S/C25H22ClN3O5/c1-2-34-25(33)22-20(23(31)27-16-8-6-15(26)7-9-16)21(22)24(32)28-17-10-12-18(13-11-17)29-14-4-3-5-19(29)30/h3-14,20-22H,2H2,1H3,(H,27,31)(H,28,32)/t20-,21+,22?/m1/s1. The molecule has 2 amide bonds. The Labute approximate surface area is 200 Å². The molecule has 9 heteroatoms. The number of halogens is 1. The third kappa shape index (κ3) is 5.02. The first-order valence-electron chi connectivity index (χ1n) is 10.7. The summed E-state index contributed by atoms with van der Waals surface area (Å²) >= 11 is 5.87. The van der Waals surface area contributed by atoms with Crippen LogP contribution in [0.4, 0.5) is 11.4 Å². The minimum Gasteiger partial charge on any atom is -0.466 e. The van der Waals surface area contributed by atoms with Crippen LogP contribution in [0.3, 0.4) is 0 Å². The van der Waals surface area contributed by atoms with Crippen LogP contribution in [-0.4, -0.2) is 29.0 Å². The Kier molecular flexibility index (Phi) is 6.79. The number of nitrogens with zero attached hydrogens (tertiary/aromatic N) is 1. The molecule has 2 N–H and O–H groups in total. The molecule has 8 nitrogen and oxygen atoms in total. The number of nitrogens with one attached hydrogen (secondary N) is 2. The maximum Gasteiger partial charge on any atom is 0.310 e. The van der Waals surface area contributed by atoms with Gasteiger partial charge in [-0.3, -0.25) is 23.7 Å². The monoisotopic (exact) mass is 479 g/mol. The van der Waals surface area contributed by atoms with Crippen molar-refractivity contribution in [3.63, 3.8) is 0 Å². The van der Waals surface area contributed by atoms with Gasteiger partial charge in [-0.05, 0) is 61.5 Å². The van der Waals surface area contributed by atoms with E-state index >= 15 is 0 Å². The van der Waals surface area contributed by atoms with Crippen LogP contribution in [0.25, 0.3) is 5.69 Å². The number of amides is 2. The fourth-order valence-corrected chi connectivity index (χ4v) is 3.95. The van der Waals surface area contributed by atoms with E-state index in [-0.39, 0.29) is 12.2 Å². The number of hydrogen-bond donors (Lipinski definition) is 2. The molecule has 3 aromatic rings. The second-order valence-corrected chi connectivity index (χ2v) is 8.21. The van der Waals surface area contributed by atoms with E-state index in [9.17, 15) is 19.2 Å². The predicted molar refractivity (Wildman–Crippen MR) is 128 cm³/mol. The number of carbonyl (C=O) groups is 3. The van der Waals surface area contributed by atoms with Crippen molar-refractivity contribution < 1.29 is 19.1 Å². The largest absolute Gasteiger partial charge is 0.466 e. The van der Waals surface area contributed by atoms with E-state index in [1.165, 1.54) is 10.6 Å². The predicted octanol–water partition coefficient (Wildman–Crippen LogP) is 3.49. The van der Waals surface area contributed by atoms with Crippen molar-refractivity contribution in [3.8, 4) is 5.69 Å². The molecule has 1 aliphatic rings. The van der Waals surface area contributed by atoms with E-state index in [2.05, 4.69) is 10.6 Å². The first-order valence-corrected chi connectivity index (χ1v) is 11.1. The molecule has 174 valence electrons. The van der Waals surface area contributed by atoms with Crippen molar-refractivity contribution in [2.45, 2.75) is 6.92 Å². The molecule has 4 rings (SSSR count). The van der Waals surface area contributed by atoms with Gasteiger partial charge in [-0.25, -0.2) is 0 Å². The lowest BCUT2D eigenvalue weighted by atomic mass is 10.2. The minimum absolute atomic E-state index is 0.148. The summed E-state index contributed by atoms with van der Waals surface area (Å²) in [6.07, 6.45) is 1.65. The molecular formula is C25H22ClN3O5. The van der Waals surface area contributed by atoms with Gasteiger partial charge in [0.25, 0.3) is 5.56 Å². The Bertz CT molecular complexity index is 1270. The summed E-state index contributed by atoms with van der Waals surface area (Å²) in [5.41, 5.74) is 1.45. The molecule has 1 heterocycles. The molecular weight excluding hydrogens is 458 g/mol. The summed E-state index contributed by atoms with van der Waals surface area (Å²) in [4.78, 5) is 50.1. The van der Waals surface area contributed by atoms with Gasteiger partial charge in [0.2, 0.25) is 11.8 Å². The lowest BCUT2D eigenvalue weighted by Gasteiger charge is -2.08. The van der Waals surface area contributed by atoms with Gasteiger partial charge in [-0.1, -0.05) is 17.7 Å². The SMILES string of the molecule is CCOC(=O)C1[C@@H](C(=O)Nc2ccc(-n3ccccc3=O)cc2)[C@H]1C(=O)Nc1ccc(Cl)cc1. The van der Waals surface area contributed by atoms with Crippen LogP contribution in [0.2, 0.25) is 5.02 Å². The Hall–Kier alpha value is -3.91. The zero-order valence-electron chi connectivity index (χ0n) is 18.2. The average molecular weight is 480 g/mol. The Morgan fingerprint density at radius 3 is 1.94 bits per heavy atom. The van der Waals surface area contributed by atoms with Crippen molar-refractivity contribution in [1.29, 1.82) is 0 Å². The van der Waals surface area contributed by atoms with Crippen LogP contribution >= 0.6 is 11.6 Å². The number of benzene rings is 2. The summed E-state index contributed by atoms with van der Waals surface area (Å²) < 4.78 is 6.54. The summed E-state index contributed by atoms with van der Waals surface area (Å²) in [6.45, 7) is 1.81.